The van der Waals surface area contributed by atoms with Crippen molar-refractivity contribution < 1.29 is 4.42 Å². The number of anilines is 1. The van der Waals surface area contributed by atoms with E-state index in [2.05, 4.69) is 5.32 Å². The summed E-state index contributed by atoms with van der Waals surface area (Å²) < 4.78 is 5.82. The van der Waals surface area contributed by atoms with Crippen LogP contribution in [-0.2, 0) is 6.54 Å². The molecular weight excluding hydrogens is 305 g/mol. The summed E-state index contributed by atoms with van der Waals surface area (Å²) in [6.45, 7) is 0.603. The maximum absolute atomic E-state index is 6.17. The summed E-state index contributed by atoms with van der Waals surface area (Å²) in [7, 11) is 0. The second-order valence-corrected chi connectivity index (χ2v) is 5.45. The van der Waals surface area contributed by atoms with Gasteiger partial charge in [-0.15, -0.1) is 0 Å². The van der Waals surface area contributed by atoms with E-state index in [1.807, 2.05) is 60.7 Å². The van der Waals surface area contributed by atoms with E-state index in [0.29, 0.717) is 11.6 Å². The van der Waals surface area contributed by atoms with E-state index < -0.39 is 0 Å². The van der Waals surface area contributed by atoms with Crippen LogP contribution < -0.4 is 5.32 Å². The fourth-order valence-corrected chi connectivity index (χ4v) is 2.39. The SMILES string of the molecule is Clc1ccc(NCc2ccc(-c3ccccc3Cl)o2)cc1. The molecule has 0 unspecified atom stereocenters. The van der Waals surface area contributed by atoms with Crippen LogP contribution in [0, 0.1) is 0 Å². The second kappa shape index (κ2) is 6.25. The Morgan fingerprint density at radius 2 is 1.62 bits per heavy atom. The average Bonchev–Trinajstić information content (AvgIpc) is 2.96. The maximum Gasteiger partial charge on any atom is 0.135 e. The largest absolute Gasteiger partial charge is 0.459 e. The molecule has 0 atom stereocenters. The van der Waals surface area contributed by atoms with E-state index in [0.717, 1.165) is 27.8 Å². The zero-order valence-corrected chi connectivity index (χ0v) is 12.7. The summed E-state index contributed by atoms with van der Waals surface area (Å²) >= 11 is 12.0. The van der Waals surface area contributed by atoms with E-state index >= 15 is 0 Å². The van der Waals surface area contributed by atoms with E-state index in [9.17, 15) is 0 Å². The Labute approximate surface area is 133 Å². The first-order valence-corrected chi connectivity index (χ1v) is 7.31. The topological polar surface area (TPSA) is 25.2 Å². The third-order valence-electron chi connectivity index (χ3n) is 3.11. The first-order chi connectivity index (χ1) is 10.2. The molecule has 0 aliphatic heterocycles. The predicted octanol–water partition coefficient (Wildman–Crippen LogP) is 5.87. The molecule has 1 heterocycles. The van der Waals surface area contributed by atoms with Gasteiger partial charge in [-0.25, -0.2) is 0 Å². The predicted molar refractivity (Wildman–Crippen MR) is 87.9 cm³/mol. The molecule has 0 fully saturated rings. The lowest BCUT2D eigenvalue weighted by atomic mass is 10.2. The van der Waals surface area contributed by atoms with Gasteiger partial charge in [0.05, 0.1) is 11.6 Å². The number of furan rings is 1. The summed E-state index contributed by atoms with van der Waals surface area (Å²) in [6, 6.07) is 19.1. The summed E-state index contributed by atoms with van der Waals surface area (Å²) in [6.07, 6.45) is 0. The lowest BCUT2D eigenvalue weighted by molar-refractivity contribution is 0.531. The Morgan fingerprint density at radius 1 is 0.857 bits per heavy atom. The number of hydrogen-bond acceptors (Lipinski definition) is 2. The molecule has 2 aromatic carbocycles. The maximum atomic E-state index is 6.17. The van der Waals surface area contributed by atoms with Gasteiger partial charge in [-0.05, 0) is 48.5 Å². The van der Waals surface area contributed by atoms with Crippen molar-refractivity contribution in [1.82, 2.24) is 0 Å². The van der Waals surface area contributed by atoms with Crippen LogP contribution in [0.15, 0.2) is 65.1 Å². The quantitative estimate of drug-likeness (QED) is 0.651. The van der Waals surface area contributed by atoms with Crippen LogP contribution in [0.3, 0.4) is 0 Å². The van der Waals surface area contributed by atoms with Gasteiger partial charge < -0.3 is 9.73 Å². The van der Waals surface area contributed by atoms with Gasteiger partial charge in [-0.3, -0.25) is 0 Å². The normalized spacial score (nSPS) is 10.6. The summed E-state index contributed by atoms with van der Waals surface area (Å²) in [4.78, 5) is 0. The highest BCUT2D eigenvalue weighted by Gasteiger charge is 2.07. The van der Waals surface area contributed by atoms with E-state index in [1.54, 1.807) is 0 Å². The monoisotopic (exact) mass is 317 g/mol. The number of hydrogen-bond donors (Lipinski definition) is 1. The molecule has 106 valence electrons. The van der Waals surface area contributed by atoms with E-state index in [4.69, 9.17) is 27.6 Å². The molecule has 2 nitrogen and oxygen atoms in total. The van der Waals surface area contributed by atoms with Crippen LogP contribution in [0.25, 0.3) is 11.3 Å². The zero-order chi connectivity index (χ0) is 14.7. The minimum Gasteiger partial charge on any atom is -0.459 e. The third kappa shape index (κ3) is 3.41. The molecule has 0 aliphatic carbocycles. The lowest BCUT2D eigenvalue weighted by Crippen LogP contribution is -1.97. The summed E-state index contributed by atoms with van der Waals surface area (Å²) in [5.41, 5.74) is 1.90. The van der Waals surface area contributed by atoms with Crippen LogP contribution >= 0.6 is 23.2 Å². The molecule has 4 heteroatoms. The van der Waals surface area contributed by atoms with Gasteiger partial charge >= 0.3 is 0 Å². The van der Waals surface area contributed by atoms with Gasteiger partial charge in [0.2, 0.25) is 0 Å². The van der Waals surface area contributed by atoms with Crippen molar-refractivity contribution in [2.24, 2.45) is 0 Å². The van der Waals surface area contributed by atoms with Crippen molar-refractivity contribution in [2.45, 2.75) is 6.54 Å². The Hall–Kier alpha value is -1.90. The van der Waals surface area contributed by atoms with Crippen LogP contribution in [0.2, 0.25) is 10.0 Å². The standard InChI is InChI=1S/C17H13Cl2NO/c18-12-5-7-13(8-6-12)20-11-14-9-10-17(21-14)15-3-1-2-4-16(15)19/h1-10,20H,11H2. The molecule has 0 saturated heterocycles. The van der Waals surface area contributed by atoms with Crippen molar-refractivity contribution in [1.29, 1.82) is 0 Å². The van der Waals surface area contributed by atoms with Crippen molar-refractivity contribution >= 4 is 28.9 Å². The summed E-state index contributed by atoms with van der Waals surface area (Å²) in [5.74, 6) is 1.62. The van der Waals surface area contributed by atoms with Gasteiger partial charge in [-0.2, -0.15) is 0 Å². The number of halogens is 2. The van der Waals surface area contributed by atoms with E-state index in [-0.39, 0.29) is 0 Å². The Balaban J connectivity index is 1.71. The number of nitrogens with one attached hydrogen (secondary N) is 1. The zero-order valence-electron chi connectivity index (χ0n) is 11.1. The van der Waals surface area contributed by atoms with Crippen LogP contribution in [-0.4, -0.2) is 0 Å². The molecule has 0 bridgehead atoms. The molecule has 0 radical (unpaired) electrons. The van der Waals surface area contributed by atoms with Crippen LogP contribution in [0.4, 0.5) is 5.69 Å². The van der Waals surface area contributed by atoms with Crippen molar-refractivity contribution in [3.05, 3.63) is 76.5 Å². The second-order valence-electron chi connectivity index (χ2n) is 4.61. The van der Waals surface area contributed by atoms with Gasteiger partial charge in [0.25, 0.3) is 0 Å². The molecule has 0 spiro atoms. The molecular formula is C17H13Cl2NO. The van der Waals surface area contributed by atoms with Crippen LogP contribution in [0.1, 0.15) is 5.76 Å². The lowest BCUT2D eigenvalue weighted by Gasteiger charge is -2.04. The van der Waals surface area contributed by atoms with Gasteiger partial charge in [-0.1, -0.05) is 35.3 Å². The Morgan fingerprint density at radius 3 is 2.38 bits per heavy atom. The molecule has 3 rings (SSSR count). The van der Waals surface area contributed by atoms with Crippen LogP contribution in [0.5, 0.6) is 0 Å². The molecule has 1 aromatic heterocycles. The first kappa shape index (κ1) is 14.1. The highest BCUT2D eigenvalue weighted by molar-refractivity contribution is 6.33. The Kier molecular flexibility index (Phi) is 4.18. The highest BCUT2D eigenvalue weighted by atomic mass is 35.5. The molecule has 1 N–H and O–H groups in total. The smallest absolute Gasteiger partial charge is 0.135 e. The number of rotatable bonds is 4. The van der Waals surface area contributed by atoms with Gasteiger partial charge in [0, 0.05) is 16.3 Å². The fourth-order valence-electron chi connectivity index (χ4n) is 2.04. The highest BCUT2D eigenvalue weighted by Crippen LogP contribution is 2.29. The molecule has 0 saturated carbocycles. The van der Waals surface area contributed by atoms with Gasteiger partial charge in [0.15, 0.2) is 0 Å². The molecule has 0 amide bonds. The fraction of sp³-hybridized carbons (Fsp3) is 0.0588. The first-order valence-electron chi connectivity index (χ1n) is 6.55. The third-order valence-corrected chi connectivity index (χ3v) is 3.69. The van der Waals surface area contributed by atoms with Crippen molar-refractivity contribution in [3.8, 4) is 11.3 Å². The van der Waals surface area contributed by atoms with Gasteiger partial charge in [0.1, 0.15) is 11.5 Å². The molecule has 0 aliphatic rings. The molecule has 21 heavy (non-hydrogen) atoms. The van der Waals surface area contributed by atoms with Crippen molar-refractivity contribution in [3.63, 3.8) is 0 Å². The Bertz CT molecular complexity index is 735. The molecule has 3 aromatic rings. The minimum atomic E-state index is 0.603. The minimum absolute atomic E-state index is 0.603. The average molecular weight is 318 g/mol. The van der Waals surface area contributed by atoms with E-state index in [1.165, 1.54) is 0 Å². The number of benzene rings is 2. The summed E-state index contributed by atoms with van der Waals surface area (Å²) in [5, 5.41) is 4.69. The van der Waals surface area contributed by atoms with Crippen molar-refractivity contribution in [2.75, 3.05) is 5.32 Å².